The number of hydrogen-bond donors (Lipinski definition) is 3. The topological polar surface area (TPSA) is 108 Å². The summed E-state index contributed by atoms with van der Waals surface area (Å²) in [6.45, 7) is 5.05. The van der Waals surface area contributed by atoms with E-state index in [0.717, 1.165) is 0 Å². The minimum atomic E-state index is -0.765. The Morgan fingerprint density at radius 1 is 1.14 bits per heavy atom. The predicted octanol–water partition coefficient (Wildman–Crippen LogP) is 2.70. The molecule has 0 heterocycles. The van der Waals surface area contributed by atoms with Crippen LogP contribution in [-0.2, 0) is 9.59 Å². The number of amides is 3. The highest BCUT2D eigenvalue weighted by Crippen LogP contribution is 2.24. The van der Waals surface area contributed by atoms with Crippen molar-refractivity contribution < 1.29 is 24.2 Å². The van der Waals surface area contributed by atoms with E-state index in [9.17, 15) is 14.4 Å². The van der Waals surface area contributed by atoms with E-state index in [4.69, 9.17) is 9.84 Å². The molecular weight excluding hydrogens is 362 g/mol. The number of carboxylic acid groups (broad SMARTS) is 1. The molecule has 28 heavy (non-hydrogen) atoms. The van der Waals surface area contributed by atoms with Gasteiger partial charge in [0.05, 0.1) is 5.92 Å². The van der Waals surface area contributed by atoms with Crippen molar-refractivity contribution >= 4 is 23.6 Å². The maximum atomic E-state index is 12.2. The van der Waals surface area contributed by atoms with Crippen molar-refractivity contribution in [3.63, 3.8) is 0 Å². The molecule has 8 nitrogen and oxygen atoms in total. The third-order valence-corrected chi connectivity index (χ3v) is 4.98. The summed E-state index contributed by atoms with van der Waals surface area (Å²) in [7, 11) is 0. The smallest absolute Gasteiger partial charge is 0.319 e. The number of carbonyl (C=O) groups excluding carboxylic acids is 2. The zero-order valence-corrected chi connectivity index (χ0v) is 16.4. The van der Waals surface area contributed by atoms with Crippen LogP contribution in [0.2, 0.25) is 0 Å². The first kappa shape index (κ1) is 21.5. The monoisotopic (exact) mass is 391 g/mol. The molecule has 3 amide bonds. The number of anilines is 1. The van der Waals surface area contributed by atoms with E-state index in [1.807, 2.05) is 13.8 Å². The second-order valence-electron chi connectivity index (χ2n) is 6.87. The van der Waals surface area contributed by atoms with Crippen molar-refractivity contribution in [2.75, 3.05) is 25.0 Å². The summed E-state index contributed by atoms with van der Waals surface area (Å²) in [5, 5.41) is 14.7. The second-order valence-corrected chi connectivity index (χ2v) is 6.87. The van der Waals surface area contributed by atoms with Crippen LogP contribution in [0.1, 0.15) is 39.5 Å². The molecule has 1 aliphatic rings. The lowest BCUT2D eigenvalue weighted by atomic mass is 9.86. The molecular formula is C20H29N3O5. The lowest BCUT2D eigenvalue weighted by molar-refractivity contribution is -0.142. The van der Waals surface area contributed by atoms with Crippen LogP contribution in [-0.4, -0.2) is 53.7 Å². The Morgan fingerprint density at radius 2 is 1.82 bits per heavy atom. The van der Waals surface area contributed by atoms with Gasteiger partial charge in [-0.25, -0.2) is 4.79 Å². The maximum Gasteiger partial charge on any atom is 0.319 e. The molecule has 8 heteroatoms. The van der Waals surface area contributed by atoms with E-state index < -0.39 is 5.97 Å². The van der Waals surface area contributed by atoms with E-state index >= 15 is 0 Å². The highest BCUT2D eigenvalue weighted by molar-refractivity contribution is 5.89. The van der Waals surface area contributed by atoms with Crippen molar-refractivity contribution in [2.45, 2.75) is 45.6 Å². The molecule has 0 saturated heterocycles. The number of rotatable bonds is 8. The summed E-state index contributed by atoms with van der Waals surface area (Å²) in [5.74, 6) is -0.661. The molecule has 1 fully saturated rings. The first-order valence-corrected chi connectivity index (χ1v) is 9.73. The van der Waals surface area contributed by atoms with Gasteiger partial charge in [0.1, 0.15) is 5.75 Å². The highest BCUT2D eigenvalue weighted by atomic mass is 16.5. The fourth-order valence-electron chi connectivity index (χ4n) is 3.31. The Hall–Kier alpha value is -2.77. The standard InChI is InChI=1S/C20H29N3O5/c1-3-23(4-2)18(24)13-28-17-7-5-6-16(12-17)22-20(27)21-15-10-8-14(9-11-15)19(25)26/h5-7,12,14-15H,3-4,8-11,13H2,1-2H3,(H,25,26)(H2,21,22,27). The first-order chi connectivity index (χ1) is 13.4. The zero-order valence-electron chi connectivity index (χ0n) is 16.4. The molecule has 1 saturated carbocycles. The quantitative estimate of drug-likeness (QED) is 0.631. The first-order valence-electron chi connectivity index (χ1n) is 9.73. The normalized spacial score (nSPS) is 18.8. The minimum Gasteiger partial charge on any atom is -0.484 e. The SMILES string of the molecule is CCN(CC)C(=O)COc1cccc(NC(=O)NC2CCC(C(=O)O)CC2)c1. The molecule has 1 aromatic rings. The van der Waals surface area contributed by atoms with E-state index in [1.54, 1.807) is 29.2 Å². The molecule has 0 spiro atoms. The summed E-state index contributed by atoms with van der Waals surface area (Å²) in [6.07, 6.45) is 2.45. The third-order valence-electron chi connectivity index (χ3n) is 4.98. The third kappa shape index (κ3) is 6.44. The van der Waals surface area contributed by atoms with Crippen LogP contribution in [0.4, 0.5) is 10.5 Å². The Kier molecular flexibility index (Phi) is 8.10. The van der Waals surface area contributed by atoms with E-state index in [-0.39, 0.29) is 30.5 Å². The van der Waals surface area contributed by atoms with Crippen LogP contribution < -0.4 is 15.4 Å². The van der Waals surface area contributed by atoms with E-state index in [0.29, 0.717) is 50.2 Å². The Bertz CT molecular complexity index is 682. The number of aliphatic carboxylic acids is 1. The minimum absolute atomic E-state index is 0.0262. The second kappa shape index (κ2) is 10.5. The van der Waals surface area contributed by atoms with Crippen molar-refractivity contribution in [2.24, 2.45) is 5.92 Å². The molecule has 0 unspecified atom stereocenters. The van der Waals surface area contributed by atoms with Gasteiger partial charge in [0.2, 0.25) is 0 Å². The molecule has 0 radical (unpaired) electrons. The average molecular weight is 391 g/mol. The number of nitrogens with one attached hydrogen (secondary N) is 2. The lowest BCUT2D eigenvalue weighted by Gasteiger charge is -2.26. The van der Waals surface area contributed by atoms with Gasteiger partial charge in [-0.15, -0.1) is 0 Å². The van der Waals surface area contributed by atoms with Gasteiger partial charge in [-0.1, -0.05) is 6.07 Å². The Morgan fingerprint density at radius 3 is 2.43 bits per heavy atom. The largest absolute Gasteiger partial charge is 0.484 e. The van der Waals surface area contributed by atoms with Gasteiger partial charge in [0.25, 0.3) is 5.91 Å². The zero-order chi connectivity index (χ0) is 20.5. The van der Waals surface area contributed by atoms with Gasteiger partial charge >= 0.3 is 12.0 Å². The summed E-state index contributed by atoms with van der Waals surface area (Å²) in [6, 6.07) is 6.50. The predicted molar refractivity (Wildman–Crippen MR) is 105 cm³/mol. The molecule has 0 atom stereocenters. The fourth-order valence-corrected chi connectivity index (χ4v) is 3.31. The van der Waals surface area contributed by atoms with Gasteiger partial charge < -0.3 is 25.4 Å². The number of carboxylic acids is 1. The molecule has 1 aliphatic carbocycles. The Labute approximate surface area is 165 Å². The number of nitrogens with zero attached hydrogens (tertiary/aromatic N) is 1. The van der Waals surface area contributed by atoms with Crippen molar-refractivity contribution in [1.82, 2.24) is 10.2 Å². The highest BCUT2D eigenvalue weighted by Gasteiger charge is 2.26. The molecule has 3 N–H and O–H groups in total. The van der Waals surface area contributed by atoms with Crippen LogP contribution in [0.15, 0.2) is 24.3 Å². The van der Waals surface area contributed by atoms with Gasteiger partial charge in [-0.3, -0.25) is 9.59 Å². The summed E-state index contributed by atoms with van der Waals surface area (Å²) < 4.78 is 5.54. The lowest BCUT2D eigenvalue weighted by Crippen LogP contribution is -2.40. The van der Waals surface area contributed by atoms with Crippen molar-refractivity contribution in [1.29, 1.82) is 0 Å². The van der Waals surface area contributed by atoms with Gasteiger partial charge in [-0.2, -0.15) is 0 Å². The number of hydrogen-bond acceptors (Lipinski definition) is 4. The number of ether oxygens (including phenoxy) is 1. The van der Waals surface area contributed by atoms with E-state index in [1.165, 1.54) is 0 Å². The van der Waals surface area contributed by atoms with Crippen LogP contribution in [0.5, 0.6) is 5.75 Å². The summed E-state index contributed by atoms with van der Waals surface area (Å²) in [4.78, 5) is 36.9. The number of urea groups is 1. The van der Waals surface area contributed by atoms with Crippen LogP contribution >= 0.6 is 0 Å². The number of likely N-dealkylation sites (N-methyl/N-ethyl adjacent to an activating group) is 1. The molecule has 0 aromatic heterocycles. The molecule has 0 bridgehead atoms. The summed E-state index contributed by atoms with van der Waals surface area (Å²) in [5.41, 5.74) is 0.560. The van der Waals surface area contributed by atoms with Gasteiger partial charge in [0, 0.05) is 30.9 Å². The van der Waals surface area contributed by atoms with Crippen LogP contribution in [0.25, 0.3) is 0 Å². The number of benzene rings is 1. The van der Waals surface area contributed by atoms with Crippen LogP contribution in [0, 0.1) is 5.92 Å². The Balaban J connectivity index is 1.81. The van der Waals surface area contributed by atoms with E-state index in [2.05, 4.69) is 10.6 Å². The molecule has 0 aliphatic heterocycles. The van der Waals surface area contributed by atoms with Gasteiger partial charge in [-0.05, 0) is 51.7 Å². The average Bonchev–Trinajstić information content (AvgIpc) is 2.68. The fraction of sp³-hybridized carbons (Fsp3) is 0.550. The molecule has 154 valence electrons. The molecule has 2 rings (SSSR count). The van der Waals surface area contributed by atoms with Crippen molar-refractivity contribution in [3.8, 4) is 5.75 Å². The summed E-state index contributed by atoms with van der Waals surface area (Å²) >= 11 is 0. The van der Waals surface area contributed by atoms with Crippen molar-refractivity contribution in [3.05, 3.63) is 24.3 Å². The maximum absolute atomic E-state index is 12.2. The molecule has 1 aromatic carbocycles. The van der Waals surface area contributed by atoms with Gasteiger partial charge in [0.15, 0.2) is 6.61 Å². The van der Waals surface area contributed by atoms with Crippen LogP contribution in [0.3, 0.4) is 0 Å². The number of carbonyl (C=O) groups is 3.